The van der Waals surface area contributed by atoms with Crippen LogP contribution < -0.4 is 10.5 Å². The largest absolute Gasteiger partial charge is 0.492 e. The van der Waals surface area contributed by atoms with Crippen LogP contribution in [-0.4, -0.2) is 50.3 Å². The van der Waals surface area contributed by atoms with E-state index in [0.717, 1.165) is 32.8 Å². The van der Waals surface area contributed by atoms with Crippen LogP contribution in [-0.2, 0) is 4.74 Å². The number of hydrogen-bond acceptors (Lipinski definition) is 4. The van der Waals surface area contributed by atoms with Gasteiger partial charge >= 0.3 is 0 Å². The molecule has 0 atom stereocenters. The van der Waals surface area contributed by atoms with Gasteiger partial charge in [0.1, 0.15) is 12.4 Å². The molecule has 2 rings (SSSR count). The van der Waals surface area contributed by atoms with E-state index in [4.69, 9.17) is 15.2 Å². The molecule has 0 aliphatic carbocycles. The van der Waals surface area contributed by atoms with Gasteiger partial charge in [-0.15, -0.1) is 0 Å². The summed E-state index contributed by atoms with van der Waals surface area (Å²) in [4.78, 5) is 13.3. The van der Waals surface area contributed by atoms with Crippen molar-refractivity contribution in [3.05, 3.63) is 29.8 Å². The molecule has 98 valence electrons. The smallest absolute Gasteiger partial charge is 0.248 e. The first-order chi connectivity index (χ1) is 8.75. The Kier molecular flexibility index (Phi) is 4.55. The molecule has 18 heavy (non-hydrogen) atoms. The number of hydrogen-bond donors (Lipinski definition) is 1. The molecular weight excluding hydrogens is 232 g/mol. The third-order valence-electron chi connectivity index (χ3n) is 2.90. The van der Waals surface area contributed by atoms with Crippen molar-refractivity contribution in [3.63, 3.8) is 0 Å². The molecule has 2 N–H and O–H groups in total. The quantitative estimate of drug-likeness (QED) is 0.826. The molecular formula is C13H18N2O3. The standard InChI is InChI=1S/C13H18N2O3/c14-13(16)11-2-1-3-12(10-11)18-9-6-15-4-7-17-8-5-15/h1-3,10H,4-9H2,(H2,14,16). The van der Waals surface area contributed by atoms with Crippen LogP contribution in [0.4, 0.5) is 0 Å². The molecule has 1 heterocycles. The van der Waals surface area contributed by atoms with Crippen molar-refractivity contribution < 1.29 is 14.3 Å². The molecule has 1 aromatic carbocycles. The molecule has 0 aromatic heterocycles. The van der Waals surface area contributed by atoms with Gasteiger partial charge in [0.2, 0.25) is 5.91 Å². The molecule has 1 aliphatic rings. The Morgan fingerprint density at radius 3 is 2.89 bits per heavy atom. The van der Waals surface area contributed by atoms with Crippen molar-refractivity contribution in [2.24, 2.45) is 5.73 Å². The Bertz CT molecular complexity index is 403. The van der Waals surface area contributed by atoms with E-state index in [9.17, 15) is 4.79 Å². The second-order valence-corrected chi connectivity index (χ2v) is 4.19. The van der Waals surface area contributed by atoms with Crippen LogP contribution in [0.1, 0.15) is 10.4 Å². The molecule has 5 nitrogen and oxygen atoms in total. The van der Waals surface area contributed by atoms with Crippen molar-refractivity contribution in [1.29, 1.82) is 0 Å². The number of carbonyl (C=O) groups excluding carboxylic acids is 1. The van der Waals surface area contributed by atoms with Crippen molar-refractivity contribution in [3.8, 4) is 5.75 Å². The van der Waals surface area contributed by atoms with E-state index in [1.54, 1.807) is 18.2 Å². The number of carbonyl (C=O) groups is 1. The van der Waals surface area contributed by atoms with Crippen molar-refractivity contribution >= 4 is 5.91 Å². The van der Waals surface area contributed by atoms with Gasteiger partial charge < -0.3 is 15.2 Å². The summed E-state index contributed by atoms with van der Waals surface area (Å²) in [5, 5.41) is 0. The summed E-state index contributed by atoms with van der Waals surface area (Å²) in [5.74, 6) is 0.244. The van der Waals surface area contributed by atoms with Gasteiger partial charge in [-0.2, -0.15) is 0 Å². The number of nitrogens with zero attached hydrogens (tertiary/aromatic N) is 1. The fourth-order valence-corrected chi connectivity index (χ4v) is 1.86. The molecule has 1 aromatic rings. The van der Waals surface area contributed by atoms with E-state index in [0.29, 0.717) is 17.9 Å². The predicted molar refractivity (Wildman–Crippen MR) is 67.7 cm³/mol. The Hall–Kier alpha value is -1.59. The molecule has 0 bridgehead atoms. The lowest BCUT2D eigenvalue weighted by Crippen LogP contribution is -2.38. The zero-order valence-corrected chi connectivity index (χ0v) is 10.3. The summed E-state index contributed by atoms with van der Waals surface area (Å²) >= 11 is 0. The monoisotopic (exact) mass is 250 g/mol. The lowest BCUT2D eigenvalue weighted by Gasteiger charge is -2.26. The first kappa shape index (κ1) is 12.9. The van der Waals surface area contributed by atoms with Gasteiger partial charge in [-0.05, 0) is 18.2 Å². The molecule has 1 amide bonds. The van der Waals surface area contributed by atoms with Crippen LogP contribution >= 0.6 is 0 Å². The van der Waals surface area contributed by atoms with E-state index < -0.39 is 5.91 Å². The first-order valence-corrected chi connectivity index (χ1v) is 6.08. The number of primary amides is 1. The fraction of sp³-hybridized carbons (Fsp3) is 0.462. The summed E-state index contributed by atoms with van der Waals surface area (Å²) in [6.07, 6.45) is 0. The molecule has 0 spiro atoms. The number of morpholine rings is 1. The number of benzene rings is 1. The number of amides is 1. The van der Waals surface area contributed by atoms with Crippen LogP contribution in [0.2, 0.25) is 0 Å². The van der Waals surface area contributed by atoms with E-state index >= 15 is 0 Å². The highest BCUT2D eigenvalue weighted by Crippen LogP contribution is 2.12. The third kappa shape index (κ3) is 3.72. The molecule has 0 radical (unpaired) electrons. The normalized spacial score (nSPS) is 16.4. The van der Waals surface area contributed by atoms with Crippen molar-refractivity contribution in [1.82, 2.24) is 4.90 Å². The summed E-state index contributed by atoms with van der Waals surface area (Å²) < 4.78 is 10.9. The summed E-state index contributed by atoms with van der Waals surface area (Å²) in [7, 11) is 0. The lowest BCUT2D eigenvalue weighted by atomic mass is 10.2. The Labute approximate surface area is 106 Å². The minimum absolute atomic E-state index is 0.436. The zero-order valence-electron chi connectivity index (χ0n) is 10.3. The predicted octanol–water partition coefficient (Wildman–Crippen LogP) is 0.496. The van der Waals surface area contributed by atoms with Gasteiger partial charge in [0.15, 0.2) is 0 Å². The number of ether oxygens (including phenoxy) is 2. The highest BCUT2D eigenvalue weighted by Gasteiger charge is 2.09. The lowest BCUT2D eigenvalue weighted by molar-refractivity contribution is 0.0322. The topological polar surface area (TPSA) is 64.8 Å². The van der Waals surface area contributed by atoms with E-state index in [-0.39, 0.29) is 0 Å². The van der Waals surface area contributed by atoms with Crippen LogP contribution in [0.15, 0.2) is 24.3 Å². The molecule has 1 fully saturated rings. The minimum Gasteiger partial charge on any atom is -0.492 e. The first-order valence-electron chi connectivity index (χ1n) is 6.08. The van der Waals surface area contributed by atoms with E-state index in [1.165, 1.54) is 0 Å². The second-order valence-electron chi connectivity index (χ2n) is 4.19. The minimum atomic E-state index is -0.436. The van der Waals surface area contributed by atoms with Crippen LogP contribution in [0.5, 0.6) is 5.75 Å². The van der Waals surface area contributed by atoms with Gasteiger partial charge in [-0.1, -0.05) is 6.07 Å². The van der Waals surface area contributed by atoms with Crippen LogP contribution in [0.25, 0.3) is 0 Å². The SMILES string of the molecule is NC(=O)c1cccc(OCCN2CCOCC2)c1. The van der Waals surface area contributed by atoms with Gasteiger partial charge in [-0.3, -0.25) is 9.69 Å². The molecule has 0 saturated carbocycles. The zero-order chi connectivity index (χ0) is 12.8. The summed E-state index contributed by atoms with van der Waals surface area (Å²) in [5.41, 5.74) is 5.68. The van der Waals surface area contributed by atoms with E-state index in [2.05, 4.69) is 4.90 Å². The maximum absolute atomic E-state index is 11.0. The maximum Gasteiger partial charge on any atom is 0.248 e. The van der Waals surface area contributed by atoms with Gasteiger partial charge in [0.25, 0.3) is 0 Å². The van der Waals surface area contributed by atoms with Gasteiger partial charge in [0.05, 0.1) is 13.2 Å². The summed E-state index contributed by atoms with van der Waals surface area (Å²) in [6, 6.07) is 6.94. The fourth-order valence-electron chi connectivity index (χ4n) is 1.86. The Morgan fingerprint density at radius 2 is 2.17 bits per heavy atom. The van der Waals surface area contributed by atoms with Crippen molar-refractivity contribution in [2.75, 3.05) is 39.5 Å². The van der Waals surface area contributed by atoms with Gasteiger partial charge in [-0.25, -0.2) is 0 Å². The summed E-state index contributed by atoms with van der Waals surface area (Å²) in [6.45, 7) is 4.94. The third-order valence-corrected chi connectivity index (χ3v) is 2.90. The Balaban J connectivity index is 1.78. The molecule has 1 aliphatic heterocycles. The van der Waals surface area contributed by atoms with E-state index in [1.807, 2.05) is 6.07 Å². The van der Waals surface area contributed by atoms with Crippen LogP contribution in [0.3, 0.4) is 0 Å². The average molecular weight is 250 g/mol. The van der Waals surface area contributed by atoms with Crippen molar-refractivity contribution in [2.45, 2.75) is 0 Å². The Morgan fingerprint density at radius 1 is 1.39 bits per heavy atom. The van der Waals surface area contributed by atoms with Gasteiger partial charge in [0, 0.05) is 25.2 Å². The molecule has 1 saturated heterocycles. The number of nitrogens with two attached hydrogens (primary N) is 1. The average Bonchev–Trinajstić information content (AvgIpc) is 2.40. The highest BCUT2D eigenvalue weighted by molar-refractivity contribution is 5.93. The maximum atomic E-state index is 11.0. The highest BCUT2D eigenvalue weighted by atomic mass is 16.5. The number of rotatable bonds is 5. The molecule has 5 heteroatoms. The molecule has 0 unspecified atom stereocenters. The second kappa shape index (κ2) is 6.37. The van der Waals surface area contributed by atoms with Crippen LogP contribution in [0, 0.1) is 0 Å².